The van der Waals surface area contributed by atoms with E-state index in [9.17, 15) is 0 Å². The fourth-order valence-electron chi connectivity index (χ4n) is 1.87. The van der Waals surface area contributed by atoms with E-state index in [2.05, 4.69) is 5.32 Å². The molecule has 0 aromatic rings. The van der Waals surface area contributed by atoms with Crippen LogP contribution in [0.25, 0.3) is 0 Å². The molecule has 0 aromatic heterocycles. The van der Waals surface area contributed by atoms with Crippen LogP contribution in [0.2, 0.25) is 0 Å². The molecule has 0 radical (unpaired) electrons. The first-order chi connectivity index (χ1) is 5.35. The van der Waals surface area contributed by atoms with E-state index in [4.69, 9.17) is 9.84 Å². The van der Waals surface area contributed by atoms with Crippen LogP contribution in [-0.2, 0) is 4.74 Å². The molecule has 3 nitrogen and oxygen atoms in total. The summed E-state index contributed by atoms with van der Waals surface area (Å²) >= 11 is 0. The first-order valence-electron chi connectivity index (χ1n) is 4.34. The lowest BCUT2D eigenvalue weighted by molar-refractivity contribution is -0.167. The number of aliphatic hydroxyl groups is 1. The van der Waals surface area contributed by atoms with Crippen LogP contribution in [0.15, 0.2) is 0 Å². The van der Waals surface area contributed by atoms with E-state index in [0.717, 1.165) is 25.9 Å². The second-order valence-electron chi connectivity index (χ2n) is 3.59. The Labute approximate surface area is 66.7 Å². The van der Waals surface area contributed by atoms with Crippen molar-refractivity contribution in [1.82, 2.24) is 5.32 Å². The number of nitrogens with one attached hydrogen (secondary N) is 1. The Bertz CT molecular complexity index is 145. The Morgan fingerprint density at radius 2 is 2.36 bits per heavy atom. The first-order valence-corrected chi connectivity index (χ1v) is 4.34. The van der Waals surface area contributed by atoms with Gasteiger partial charge in [-0.3, -0.25) is 0 Å². The highest BCUT2D eigenvalue weighted by Crippen LogP contribution is 2.37. The Morgan fingerprint density at radius 3 is 2.91 bits per heavy atom. The summed E-state index contributed by atoms with van der Waals surface area (Å²) in [6, 6.07) is 0. The minimum absolute atomic E-state index is 0.0315. The van der Waals surface area contributed by atoms with Gasteiger partial charge in [-0.15, -0.1) is 0 Å². The third kappa shape index (κ3) is 1.28. The molecule has 1 saturated heterocycles. The molecular formula is C8H15NO2. The zero-order chi connectivity index (χ0) is 7.73. The second kappa shape index (κ2) is 2.73. The van der Waals surface area contributed by atoms with Crippen molar-refractivity contribution < 1.29 is 9.84 Å². The van der Waals surface area contributed by atoms with Crippen LogP contribution in [-0.4, -0.2) is 36.5 Å². The summed E-state index contributed by atoms with van der Waals surface area (Å²) in [5.74, 6) is 0. The summed E-state index contributed by atoms with van der Waals surface area (Å²) < 4.78 is 5.75. The van der Waals surface area contributed by atoms with Gasteiger partial charge in [0.05, 0.1) is 18.3 Å². The second-order valence-corrected chi connectivity index (χ2v) is 3.59. The largest absolute Gasteiger partial charge is 0.394 e. The quantitative estimate of drug-likeness (QED) is 0.558. The number of hydrogen-bond donors (Lipinski definition) is 2. The first kappa shape index (κ1) is 7.53. The molecule has 1 heterocycles. The van der Waals surface area contributed by atoms with E-state index in [-0.39, 0.29) is 18.3 Å². The fourth-order valence-corrected chi connectivity index (χ4v) is 1.87. The van der Waals surface area contributed by atoms with Gasteiger partial charge >= 0.3 is 0 Å². The van der Waals surface area contributed by atoms with E-state index in [1.54, 1.807) is 0 Å². The molecular weight excluding hydrogens is 142 g/mol. The normalized spacial score (nSPS) is 35.2. The molecule has 1 aliphatic heterocycles. The standard InChI is InChI=1S/C8H15NO2/c10-5-7-4-9-6-8(11-7)2-1-3-8/h7,9-10H,1-6H2. The molecule has 2 fully saturated rings. The molecule has 2 N–H and O–H groups in total. The van der Waals surface area contributed by atoms with Crippen molar-refractivity contribution in [2.75, 3.05) is 19.7 Å². The van der Waals surface area contributed by atoms with Gasteiger partial charge in [0.25, 0.3) is 0 Å². The molecule has 1 unspecified atom stereocenters. The summed E-state index contributed by atoms with van der Waals surface area (Å²) in [6.45, 7) is 1.93. The number of ether oxygens (including phenoxy) is 1. The average Bonchev–Trinajstić information content (AvgIpc) is 2.02. The highest BCUT2D eigenvalue weighted by Gasteiger charge is 2.42. The van der Waals surface area contributed by atoms with Crippen LogP contribution in [0.1, 0.15) is 19.3 Å². The van der Waals surface area contributed by atoms with E-state index >= 15 is 0 Å². The van der Waals surface area contributed by atoms with Gasteiger partial charge in [-0.1, -0.05) is 0 Å². The van der Waals surface area contributed by atoms with Crippen LogP contribution < -0.4 is 5.32 Å². The van der Waals surface area contributed by atoms with Crippen molar-refractivity contribution in [1.29, 1.82) is 0 Å². The highest BCUT2D eigenvalue weighted by molar-refractivity contribution is 4.95. The maximum absolute atomic E-state index is 8.88. The Kier molecular flexibility index (Phi) is 1.87. The Morgan fingerprint density at radius 1 is 1.55 bits per heavy atom. The molecule has 0 aromatic carbocycles. The topological polar surface area (TPSA) is 41.5 Å². The molecule has 1 aliphatic carbocycles. The summed E-state index contributed by atoms with van der Waals surface area (Å²) in [6.07, 6.45) is 3.64. The van der Waals surface area contributed by atoms with Gasteiger partial charge in [-0.2, -0.15) is 0 Å². The average molecular weight is 157 g/mol. The van der Waals surface area contributed by atoms with E-state index < -0.39 is 0 Å². The minimum atomic E-state index is 0.0315. The van der Waals surface area contributed by atoms with Crippen molar-refractivity contribution in [2.24, 2.45) is 0 Å². The maximum atomic E-state index is 8.88. The van der Waals surface area contributed by atoms with Gasteiger partial charge in [0.1, 0.15) is 0 Å². The van der Waals surface area contributed by atoms with Crippen molar-refractivity contribution in [3.05, 3.63) is 0 Å². The van der Waals surface area contributed by atoms with Gasteiger partial charge in [-0.25, -0.2) is 0 Å². The fraction of sp³-hybridized carbons (Fsp3) is 1.00. The van der Waals surface area contributed by atoms with E-state index in [0.29, 0.717) is 0 Å². The van der Waals surface area contributed by atoms with E-state index in [1.165, 1.54) is 6.42 Å². The van der Waals surface area contributed by atoms with Crippen LogP contribution in [0.4, 0.5) is 0 Å². The predicted octanol–water partition coefficient (Wildman–Crippen LogP) is -0.110. The Hall–Kier alpha value is -0.120. The maximum Gasteiger partial charge on any atom is 0.0937 e. The molecule has 2 aliphatic rings. The summed E-state index contributed by atoms with van der Waals surface area (Å²) in [7, 11) is 0. The molecule has 2 rings (SSSR count). The van der Waals surface area contributed by atoms with Crippen molar-refractivity contribution in [3.8, 4) is 0 Å². The summed E-state index contributed by atoms with van der Waals surface area (Å²) in [5.41, 5.74) is 0.103. The molecule has 0 amide bonds. The molecule has 3 heteroatoms. The van der Waals surface area contributed by atoms with Crippen molar-refractivity contribution in [2.45, 2.75) is 31.0 Å². The number of aliphatic hydroxyl groups excluding tert-OH is 1. The monoisotopic (exact) mass is 157 g/mol. The van der Waals surface area contributed by atoms with Gasteiger partial charge < -0.3 is 15.2 Å². The van der Waals surface area contributed by atoms with Crippen LogP contribution >= 0.6 is 0 Å². The lowest BCUT2D eigenvalue weighted by Gasteiger charge is -2.47. The van der Waals surface area contributed by atoms with Crippen LogP contribution in [0.3, 0.4) is 0 Å². The SMILES string of the molecule is OCC1CNCC2(CCC2)O1. The molecule has 11 heavy (non-hydrogen) atoms. The molecule has 1 atom stereocenters. The van der Waals surface area contributed by atoms with Gasteiger partial charge in [0.2, 0.25) is 0 Å². The summed E-state index contributed by atoms with van der Waals surface area (Å²) in [5, 5.41) is 12.2. The van der Waals surface area contributed by atoms with Crippen molar-refractivity contribution >= 4 is 0 Å². The van der Waals surface area contributed by atoms with Crippen molar-refractivity contribution in [3.63, 3.8) is 0 Å². The third-order valence-electron chi connectivity index (χ3n) is 2.70. The third-order valence-corrected chi connectivity index (χ3v) is 2.70. The zero-order valence-electron chi connectivity index (χ0n) is 6.68. The Balaban J connectivity index is 1.92. The predicted molar refractivity (Wildman–Crippen MR) is 41.4 cm³/mol. The lowest BCUT2D eigenvalue weighted by Crippen LogP contribution is -2.58. The van der Waals surface area contributed by atoms with Gasteiger partial charge in [0, 0.05) is 13.1 Å². The minimum Gasteiger partial charge on any atom is -0.394 e. The molecule has 1 spiro atoms. The smallest absolute Gasteiger partial charge is 0.0937 e. The van der Waals surface area contributed by atoms with Gasteiger partial charge in [-0.05, 0) is 19.3 Å². The number of morpholine rings is 1. The lowest BCUT2D eigenvalue weighted by atomic mass is 9.79. The zero-order valence-corrected chi connectivity index (χ0v) is 6.68. The number of rotatable bonds is 1. The van der Waals surface area contributed by atoms with Gasteiger partial charge in [0.15, 0.2) is 0 Å². The highest BCUT2D eigenvalue weighted by atomic mass is 16.5. The summed E-state index contributed by atoms with van der Waals surface area (Å²) in [4.78, 5) is 0. The molecule has 0 bridgehead atoms. The molecule has 64 valence electrons. The molecule has 1 saturated carbocycles. The van der Waals surface area contributed by atoms with Crippen LogP contribution in [0, 0.1) is 0 Å². The van der Waals surface area contributed by atoms with Crippen LogP contribution in [0.5, 0.6) is 0 Å². The number of hydrogen-bond acceptors (Lipinski definition) is 3. The van der Waals surface area contributed by atoms with E-state index in [1.807, 2.05) is 0 Å².